The van der Waals surface area contributed by atoms with Gasteiger partial charge in [-0.3, -0.25) is 4.18 Å². The van der Waals surface area contributed by atoms with Crippen LogP contribution in [0.25, 0.3) is 0 Å². The number of carbonyl (C=O) groups is 1. The predicted octanol–water partition coefficient (Wildman–Crippen LogP) is 2.42. The van der Waals surface area contributed by atoms with Crippen molar-refractivity contribution in [3.8, 4) is 0 Å². The molecular formula is C21H23BrO8S. The van der Waals surface area contributed by atoms with E-state index < -0.39 is 46.8 Å². The Kier molecular flexibility index (Phi) is 7.84. The van der Waals surface area contributed by atoms with Crippen LogP contribution >= 0.6 is 15.9 Å². The molecule has 0 radical (unpaired) electrons. The number of aryl methyl sites for hydroxylation is 1. The van der Waals surface area contributed by atoms with Crippen LogP contribution < -0.4 is 0 Å². The van der Waals surface area contributed by atoms with Crippen LogP contribution in [0, 0.1) is 6.92 Å². The van der Waals surface area contributed by atoms with Gasteiger partial charge in [0.05, 0.1) is 10.5 Å². The fourth-order valence-corrected chi connectivity index (χ4v) is 4.73. The van der Waals surface area contributed by atoms with E-state index in [9.17, 15) is 18.3 Å². The molecule has 31 heavy (non-hydrogen) atoms. The van der Waals surface area contributed by atoms with Crippen molar-refractivity contribution in [3.63, 3.8) is 0 Å². The standard InChI is InChI=1S/C21H23BrO8S/c1-13-8-10-15(11-9-13)31(25,26)30-19-17(23)18(16(12-22)28-21(19)27-2)29-20(24)14-6-4-3-5-7-14/h3-11,16-19,21,23H,12H2,1-2H3/t16-,17+,18-,19-,21+/m1/s1. The van der Waals surface area contributed by atoms with Gasteiger partial charge in [0.15, 0.2) is 18.5 Å². The number of methoxy groups -OCH3 is 1. The number of benzene rings is 2. The summed E-state index contributed by atoms with van der Waals surface area (Å²) in [7, 11) is -2.95. The highest BCUT2D eigenvalue weighted by molar-refractivity contribution is 9.09. The van der Waals surface area contributed by atoms with Gasteiger partial charge in [-0.05, 0) is 31.2 Å². The van der Waals surface area contributed by atoms with Crippen molar-refractivity contribution in [1.82, 2.24) is 0 Å². The smallest absolute Gasteiger partial charge is 0.338 e. The third kappa shape index (κ3) is 5.51. The van der Waals surface area contributed by atoms with Crippen LogP contribution in [0.4, 0.5) is 0 Å². The zero-order valence-electron chi connectivity index (χ0n) is 16.9. The molecule has 0 saturated carbocycles. The van der Waals surface area contributed by atoms with Gasteiger partial charge >= 0.3 is 5.97 Å². The second kappa shape index (κ2) is 10.2. The number of rotatable bonds is 7. The predicted molar refractivity (Wildman–Crippen MR) is 114 cm³/mol. The quantitative estimate of drug-likeness (QED) is 0.341. The number of aliphatic hydroxyl groups excluding tert-OH is 1. The average Bonchev–Trinajstić information content (AvgIpc) is 2.77. The third-order valence-corrected chi connectivity index (χ3v) is 6.76. The van der Waals surface area contributed by atoms with E-state index >= 15 is 0 Å². The van der Waals surface area contributed by atoms with Gasteiger partial charge in [-0.2, -0.15) is 8.42 Å². The molecule has 10 heteroatoms. The number of halogens is 1. The van der Waals surface area contributed by atoms with E-state index in [-0.39, 0.29) is 15.8 Å². The van der Waals surface area contributed by atoms with E-state index in [2.05, 4.69) is 15.9 Å². The summed E-state index contributed by atoms with van der Waals surface area (Å²) in [5, 5.41) is 11.1. The summed E-state index contributed by atoms with van der Waals surface area (Å²) in [5.74, 6) is -0.685. The lowest BCUT2D eigenvalue weighted by molar-refractivity contribution is -0.277. The Labute approximate surface area is 189 Å². The minimum Gasteiger partial charge on any atom is -0.453 e. The van der Waals surface area contributed by atoms with E-state index in [1.54, 1.807) is 42.5 Å². The van der Waals surface area contributed by atoms with Crippen LogP contribution in [0.1, 0.15) is 15.9 Å². The molecule has 1 aliphatic rings. The van der Waals surface area contributed by atoms with Gasteiger partial charge in [0.25, 0.3) is 10.1 Å². The van der Waals surface area contributed by atoms with Crippen molar-refractivity contribution in [3.05, 3.63) is 65.7 Å². The Balaban J connectivity index is 1.85. The van der Waals surface area contributed by atoms with E-state index in [1.807, 2.05) is 6.92 Å². The van der Waals surface area contributed by atoms with Crippen molar-refractivity contribution in [2.45, 2.75) is 42.5 Å². The minimum atomic E-state index is -4.25. The summed E-state index contributed by atoms with van der Waals surface area (Å²) < 4.78 is 47.2. The Morgan fingerprint density at radius 3 is 2.32 bits per heavy atom. The number of carbonyl (C=O) groups excluding carboxylic acids is 1. The van der Waals surface area contributed by atoms with Crippen LogP contribution in [0.5, 0.6) is 0 Å². The van der Waals surface area contributed by atoms with Crippen LogP contribution in [-0.4, -0.2) is 62.6 Å². The van der Waals surface area contributed by atoms with Crippen LogP contribution in [-0.2, 0) is 28.5 Å². The molecule has 168 valence electrons. The van der Waals surface area contributed by atoms with Gasteiger partial charge in [-0.1, -0.05) is 51.8 Å². The van der Waals surface area contributed by atoms with Crippen molar-refractivity contribution in [2.75, 3.05) is 12.4 Å². The monoisotopic (exact) mass is 514 g/mol. The molecule has 0 unspecified atom stereocenters. The highest BCUT2D eigenvalue weighted by Crippen LogP contribution is 2.30. The maximum Gasteiger partial charge on any atom is 0.338 e. The molecular weight excluding hydrogens is 492 g/mol. The first-order valence-electron chi connectivity index (χ1n) is 9.45. The molecule has 0 aliphatic carbocycles. The Hall–Kier alpha value is -1.82. The molecule has 1 heterocycles. The number of hydrogen-bond donors (Lipinski definition) is 1. The summed E-state index contributed by atoms with van der Waals surface area (Å²) >= 11 is 3.26. The van der Waals surface area contributed by atoms with Crippen LogP contribution in [0.15, 0.2) is 59.5 Å². The summed E-state index contributed by atoms with van der Waals surface area (Å²) in [5.41, 5.74) is 1.16. The zero-order valence-corrected chi connectivity index (χ0v) is 19.3. The van der Waals surface area contributed by atoms with Crippen molar-refractivity contribution < 1.29 is 36.7 Å². The topological polar surface area (TPSA) is 108 Å². The molecule has 0 aromatic heterocycles. The van der Waals surface area contributed by atoms with Gasteiger partial charge in [0.1, 0.15) is 12.2 Å². The first-order valence-corrected chi connectivity index (χ1v) is 12.0. The number of hydrogen-bond acceptors (Lipinski definition) is 8. The van der Waals surface area contributed by atoms with Gasteiger partial charge in [-0.15, -0.1) is 0 Å². The molecule has 1 saturated heterocycles. The van der Waals surface area contributed by atoms with Gasteiger partial charge < -0.3 is 19.3 Å². The number of esters is 1. The lowest BCUT2D eigenvalue weighted by Crippen LogP contribution is -2.61. The van der Waals surface area contributed by atoms with Crippen LogP contribution in [0.2, 0.25) is 0 Å². The number of alkyl halides is 1. The largest absolute Gasteiger partial charge is 0.453 e. The van der Waals surface area contributed by atoms with Gasteiger partial charge in [0, 0.05) is 12.4 Å². The van der Waals surface area contributed by atoms with Gasteiger partial charge in [0.2, 0.25) is 0 Å². The molecule has 2 aromatic rings. The molecule has 1 aliphatic heterocycles. The first kappa shape index (κ1) is 23.8. The second-order valence-electron chi connectivity index (χ2n) is 6.99. The maximum absolute atomic E-state index is 12.8. The number of aliphatic hydroxyl groups is 1. The second-order valence-corrected chi connectivity index (χ2v) is 9.21. The highest BCUT2D eigenvalue weighted by atomic mass is 79.9. The molecule has 1 fully saturated rings. The van der Waals surface area contributed by atoms with Crippen LogP contribution in [0.3, 0.4) is 0 Å². The molecule has 0 amide bonds. The van der Waals surface area contributed by atoms with E-state index in [0.717, 1.165) is 5.56 Å². The fourth-order valence-electron chi connectivity index (χ4n) is 3.13. The van der Waals surface area contributed by atoms with E-state index in [0.29, 0.717) is 0 Å². The zero-order chi connectivity index (χ0) is 22.6. The SMILES string of the molecule is CO[C@H]1O[C@H](CBr)[C@@H](OC(=O)c2ccccc2)[C@H](O)[C@H]1OS(=O)(=O)c1ccc(C)cc1. The number of ether oxygens (including phenoxy) is 3. The molecule has 1 N–H and O–H groups in total. The third-order valence-electron chi connectivity index (χ3n) is 4.80. The Bertz CT molecular complexity index is 980. The maximum atomic E-state index is 12.8. The molecule has 8 nitrogen and oxygen atoms in total. The summed E-state index contributed by atoms with van der Waals surface area (Å²) in [4.78, 5) is 12.4. The van der Waals surface area contributed by atoms with Crippen molar-refractivity contribution in [2.24, 2.45) is 0 Å². The Morgan fingerprint density at radius 2 is 1.74 bits per heavy atom. The van der Waals surface area contributed by atoms with Crippen molar-refractivity contribution in [1.29, 1.82) is 0 Å². The molecule has 3 rings (SSSR count). The molecule has 0 spiro atoms. The van der Waals surface area contributed by atoms with Gasteiger partial charge in [-0.25, -0.2) is 4.79 Å². The highest BCUT2D eigenvalue weighted by Gasteiger charge is 2.50. The van der Waals surface area contributed by atoms with E-state index in [1.165, 1.54) is 19.2 Å². The van der Waals surface area contributed by atoms with E-state index in [4.69, 9.17) is 18.4 Å². The summed E-state index contributed by atoms with van der Waals surface area (Å²) in [6.45, 7) is 1.82. The molecule has 2 aromatic carbocycles. The lowest BCUT2D eigenvalue weighted by Gasteiger charge is -2.42. The first-order chi connectivity index (χ1) is 14.8. The minimum absolute atomic E-state index is 0.0828. The lowest BCUT2D eigenvalue weighted by atomic mass is 9.99. The summed E-state index contributed by atoms with van der Waals surface area (Å²) in [6.07, 6.45) is -6.19. The van der Waals surface area contributed by atoms with Crippen molar-refractivity contribution >= 4 is 32.0 Å². The molecule has 0 bridgehead atoms. The average molecular weight is 515 g/mol. The Morgan fingerprint density at radius 1 is 1.10 bits per heavy atom. The summed E-state index contributed by atoms with van der Waals surface area (Å²) in [6, 6.07) is 14.3. The molecule has 5 atom stereocenters. The fraction of sp³-hybridized carbons (Fsp3) is 0.381. The normalized spacial score (nSPS) is 26.4.